The van der Waals surface area contributed by atoms with Gasteiger partial charge in [0, 0.05) is 54.7 Å². The number of nitrogens with zero attached hydrogens (tertiary/aromatic N) is 3. The first kappa shape index (κ1) is 17.4. The number of carbonyl (C=O) groups is 2. The van der Waals surface area contributed by atoms with E-state index in [0.29, 0.717) is 42.3 Å². The lowest BCUT2D eigenvalue weighted by Gasteiger charge is -2.35. The maximum atomic E-state index is 12.7. The Morgan fingerprint density at radius 2 is 1.76 bits per heavy atom. The monoisotopic (exact) mass is 357 g/mol. The summed E-state index contributed by atoms with van der Waals surface area (Å²) in [6, 6.07) is 8.72. The quantitative estimate of drug-likeness (QED) is 0.848. The number of benzene rings is 1. The molecule has 1 aliphatic rings. The second-order valence-corrected chi connectivity index (χ2v) is 6.42. The van der Waals surface area contributed by atoms with Crippen LogP contribution in [0.25, 0.3) is 0 Å². The molecular formula is C19H20ClN3O2. The number of pyridine rings is 1. The SMILES string of the molecule is CCc1cnccc1C(=O)N1CCN(C(=O)c2cccc(Cl)c2)CC1. The molecule has 1 saturated heterocycles. The summed E-state index contributed by atoms with van der Waals surface area (Å²) in [6.45, 7) is 4.09. The Kier molecular flexibility index (Phi) is 5.34. The summed E-state index contributed by atoms with van der Waals surface area (Å²) in [5.74, 6) is -0.0399. The number of hydrogen-bond acceptors (Lipinski definition) is 3. The van der Waals surface area contributed by atoms with Crippen molar-refractivity contribution in [1.82, 2.24) is 14.8 Å². The van der Waals surface area contributed by atoms with E-state index in [1.165, 1.54) is 0 Å². The van der Waals surface area contributed by atoms with Crippen LogP contribution in [0.1, 0.15) is 33.2 Å². The highest BCUT2D eigenvalue weighted by Crippen LogP contribution is 2.16. The van der Waals surface area contributed by atoms with Gasteiger partial charge in [-0.1, -0.05) is 24.6 Å². The van der Waals surface area contributed by atoms with Gasteiger partial charge in [0.2, 0.25) is 0 Å². The van der Waals surface area contributed by atoms with E-state index in [9.17, 15) is 9.59 Å². The van der Waals surface area contributed by atoms with Crippen LogP contribution >= 0.6 is 11.6 Å². The fourth-order valence-electron chi connectivity index (χ4n) is 3.00. The first-order valence-corrected chi connectivity index (χ1v) is 8.75. The minimum Gasteiger partial charge on any atom is -0.335 e. The molecule has 1 aromatic heterocycles. The van der Waals surface area contributed by atoms with E-state index < -0.39 is 0 Å². The van der Waals surface area contributed by atoms with Gasteiger partial charge in [0.1, 0.15) is 0 Å². The molecule has 0 atom stereocenters. The zero-order chi connectivity index (χ0) is 17.8. The average Bonchev–Trinajstić information content (AvgIpc) is 2.67. The Balaban J connectivity index is 1.65. The summed E-state index contributed by atoms with van der Waals surface area (Å²) in [5, 5.41) is 0.546. The van der Waals surface area contributed by atoms with Crippen LogP contribution in [0.5, 0.6) is 0 Å². The Hall–Kier alpha value is -2.40. The van der Waals surface area contributed by atoms with E-state index in [0.717, 1.165) is 12.0 Å². The van der Waals surface area contributed by atoms with Crippen molar-refractivity contribution in [3.05, 3.63) is 64.4 Å². The average molecular weight is 358 g/mol. The summed E-state index contributed by atoms with van der Waals surface area (Å²) >= 11 is 5.96. The van der Waals surface area contributed by atoms with Gasteiger partial charge in [-0.05, 0) is 36.2 Å². The number of rotatable bonds is 3. The molecule has 1 fully saturated rings. The molecular weight excluding hydrogens is 338 g/mol. The van der Waals surface area contributed by atoms with E-state index >= 15 is 0 Å². The Labute approximate surface area is 152 Å². The highest BCUT2D eigenvalue weighted by Gasteiger charge is 2.26. The van der Waals surface area contributed by atoms with Gasteiger partial charge in [-0.25, -0.2) is 0 Å². The van der Waals surface area contributed by atoms with E-state index in [4.69, 9.17) is 11.6 Å². The lowest BCUT2D eigenvalue weighted by Crippen LogP contribution is -2.50. The highest BCUT2D eigenvalue weighted by atomic mass is 35.5. The predicted octanol–water partition coefficient (Wildman–Crippen LogP) is 2.90. The zero-order valence-electron chi connectivity index (χ0n) is 14.1. The molecule has 0 bridgehead atoms. The molecule has 1 aliphatic heterocycles. The molecule has 0 spiro atoms. The molecule has 1 aromatic carbocycles. The van der Waals surface area contributed by atoms with Crippen molar-refractivity contribution in [2.75, 3.05) is 26.2 Å². The van der Waals surface area contributed by atoms with Crippen molar-refractivity contribution in [3.63, 3.8) is 0 Å². The van der Waals surface area contributed by atoms with Gasteiger partial charge in [0.15, 0.2) is 0 Å². The smallest absolute Gasteiger partial charge is 0.254 e. The van der Waals surface area contributed by atoms with Crippen molar-refractivity contribution < 1.29 is 9.59 Å². The van der Waals surface area contributed by atoms with Crippen LogP contribution in [-0.4, -0.2) is 52.8 Å². The van der Waals surface area contributed by atoms with E-state index in [2.05, 4.69) is 4.98 Å². The van der Waals surface area contributed by atoms with E-state index in [1.54, 1.807) is 52.5 Å². The fraction of sp³-hybridized carbons (Fsp3) is 0.316. The van der Waals surface area contributed by atoms with Gasteiger partial charge in [0.25, 0.3) is 11.8 Å². The number of aryl methyl sites for hydroxylation is 1. The molecule has 2 heterocycles. The maximum absolute atomic E-state index is 12.7. The van der Waals surface area contributed by atoms with E-state index in [-0.39, 0.29) is 11.8 Å². The fourth-order valence-corrected chi connectivity index (χ4v) is 3.19. The highest BCUT2D eigenvalue weighted by molar-refractivity contribution is 6.30. The van der Waals surface area contributed by atoms with E-state index in [1.807, 2.05) is 6.92 Å². The number of piperazine rings is 1. The molecule has 25 heavy (non-hydrogen) atoms. The molecule has 3 rings (SSSR count). The van der Waals surface area contributed by atoms with Crippen LogP contribution in [0, 0.1) is 0 Å². The van der Waals surface area contributed by atoms with Crippen LogP contribution in [-0.2, 0) is 6.42 Å². The normalized spacial score (nSPS) is 14.5. The van der Waals surface area contributed by atoms with Crippen molar-refractivity contribution in [2.24, 2.45) is 0 Å². The van der Waals surface area contributed by atoms with Crippen molar-refractivity contribution in [3.8, 4) is 0 Å². The maximum Gasteiger partial charge on any atom is 0.254 e. The summed E-state index contributed by atoms with van der Waals surface area (Å²) < 4.78 is 0. The second-order valence-electron chi connectivity index (χ2n) is 5.98. The van der Waals surface area contributed by atoms with Gasteiger partial charge >= 0.3 is 0 Å². The van der Waals surface area contributed by atoms with Crippen LogP contribution in [0.3, 0.4) is 0 Å². The Morgan fingerprint density at radius 3 is 2.40 bits per heavy atom. The van der Waals surface area contributed by atoms with Crippen molar-refractivity contribution in [2.45, 2.75) is 13.3 Å². The molecule has 130 valence electrons. The minimum absolute atomic E-state index is 0.00843. The minimum atomic E-state index is -0.0484. The van der Waals surface area contributed by atoms with Crippen LogP contribution in [0.15, 0.2) is 42.7 Å². The van der Waals surface area contributed by atoms with Gasteiger partial charge < -0.3 is 9.80 Å². The molecule has 0 radical (unpaired) electrons. The Morgan fingerprint density at radius 1 is 1.08 bits per heavy atom. The third-order valence-electron chi connectivity index (χ3n) is 4.44. The van der Waals surface area contributed by atoms with Crippen LogP contribution in [0.2, 0.25) is 5.02 Å². The largest absolute Gasteiger partial charge is 0.335 e. The molecule has 0 unspecified atom stereocenters. The molecule has 6 heteroatoms. The zero-order valence-corrected chi connectivity index (χ0v) is 14.9. The van der Waals surface area contributed by atoms with Crippen LogP contribution in [0.4, 0.5) is 0 Å². The van der Waals surface area contributed by atoms with Crippen LogP contribution < -0.4 is 0 Å². The van der Waals surface area contributed by atoms with Gasteiger partial charge in [-0.2, -0.15) is 0 Å². The van der Waals surface area contributed by atoms with Gasteiger partial charge in [0.05, 0.1) is 0 Å². The van der Waals surface area contributed by atoms with Gasteiger partial charge in [-0.15, -0.1) is 0 Å². The van der Waals surface area contributed by atoms with Crippen molar-refractivity contribution >= 4 is 23.4 Å². The summed E-state index contributed by atoms with van der Waals surface area (Å²) in [7, 11) is 0. The molecule has 0 aliphatic carbocycles. The Bertz CT molecular complexity index is 786. The lowest BCUT2D eigenvalue weighted by molar-refractivity contribution is 0.0535. The molecule has 0 saturated carbocycles. The topological polar surface area (TPSA) is 53.5 Å². The lowest BCUT2D eigenvalue weighted by atomic mass is 10.1. The number of halogens is 1. The van der Waals surface area contributed by atoms with Crippen molar-refractivity contribution in [1.29, 1.82) is 0 Å². The first-order chi connectivity index (χ1) is 12.1. The number of hydrogen-bond donors (Lipinski definition) is 0. The molecule has 0 N–H and O–H groups in total. The number of amides is 2. The summed E-state index contributed by atoms with van der Waals surface area (Å²) in [6.07, 6.45) is 4.15. The molecule has 5 nitrogen and oxygen atoms in total. The first-order valence-electron chi connectivity index (χ1n) is 8.37. The summed E-state index contributed by atoms with van der Waals surface area (Å²) in [4.78, 5) is 33.0. The number of carbonyl (C=O) groups excluding carboxylic acids is 2. The third-order valence-corrected chi connectivity index (χ3v) is 4.68. The predicted molar refractivity (Wildman–Crippen MR) is 96.9 cm³/mol. The standard InChI is InChI=1S/C19H20ClN3O2/c1-2-14-13-21-7-6-17(14)19(25)23-10-8-22(9-11-23)18(24)15-4-3-5-16(20)12-15/h3-7,12-13H,2,8-11H2,1H3. The molecule has 2 aromatic rings. The van der Waals surface area contributed by atoms with Gasteiger partial charge in [-0.3, -0.25) is 14.6 Å². The third kappa shape index (κ3) is 3.82. The molecule has 2 amide bonds. The number of aromatic nitrogens is 1. The second kappa shape index (κ2) is 7.66. The summed E-state index contributed by atoms with van der Waals surface area (Å²) in [5.41, 5.74) is 2.23.